The van der Waals surface area contributed by atoms with Gasteiger partial charge in [-0.05, 0) is 58.6 Å². The normalized spacial score (nSPS) is 14.5. The van der Waals surface area contributed by atoms with Gasteiger partial charge < -0.3 is 10.2 Å². The molecule has 1 saturated heterocycles. The van der Waals surface area contributed by atoms with Crippen LogP contribution in [0.25, 0.3) is 0 Å². The van der Waals surface area contributed by atoms with Gasteiger partial charge in [0.25, 0.3) is 0 Å². The van der Waals surface area contributed by atoms with Gasteiger partial charge in [-0.2, -0.15) is 15.0 Å². The monoisotopic (exact) mass is 387 g/mol. The number of nitrogens with zero attached hydrogens (tertiary/aromatic N) is 4. The van der Waals surface area contributed by atoms with E-state index in [0.717, 1.165) is 36.1 Å². The van der Waals surface area contributed by atoms with Crippen LogP contribution in [0, 0.1) is 0 Å². The van der Waals surface area contributed by atoms with E-state index in [1.54, 1.807) is 6.07 Å². The number of aromatic nitrogens is 3. The predicted octanol–water partition coefficient (Wildman–Crippen LogP) is 4.28. The van der Waals surface area contributed by atoms with Crippen molar-refractivity contribution in [1.82, 2.24) is 15.0 Å². The molecule has 0 amide bonds. The third kappa shape index (κ3) is 3.56. The van der Waals surface area contributed by atoms with Crippen molar-refractivity contribution >= 4 is 56.7 Å². The molecule has 1 fully saturated rings. The zero-order valence-electron chi connectivity index (χ0n) is 11.0. The standard InChI is InChI=1S/C13H12BrCl2N5/c14-9-4-3-8(7-10(9)15)17-12-18-11(16)19-13(20-12)21-5-1-2-6-21/h3-4,7H,1-2,5-6H2,(H,17,18,19,20). The van der Waals surface area contributed by atoms with E-state index in [1.807, 2.05) is 12.1 Å². The zero-order chi connectivity index (χ0) is 14.8. The average molecular weight is 389 g/mol. The highest BCUT2D eigenvalue weighted by molar-refractivity contribution is 9.10. The lowest BCUT2D eigenvalue weighted by Gasteiger charge is -2.15. The number of anilines is 3. The summed E-state index contributed by atoms with van der Waals surface area (Å²) in [5, 5.41) is 3.89. The second-order valence-corrected chi connectivity index (χ2v) is 6.28. The van der Waals surface area contributed by atoms with E-state index in [9.17, 15) is 0 Å². The number of halogens is 3. The SMILES string of the molecule is Clc1nc(Nc2ccc(Br)c(Cl)c2)nc(N2CCCC2)n1. The number of hydrogen-bond donors (Lipinski definition) is 1. The summed E-state index contributed by atoms with van der Waals surface area (Å²) in [6.07, 6.45) is 2.29. The van der Waals surface area contributed by atoms with E-state index >= 15 is 0 Å². The molecular formula is C13H12BrCl2N5. The van der Waals surface area contributed by atoms with Gasteiger partial charge in [0.15, 0.2) is 0 Å². The first-order chi connectivity index (χ1) is 10.1. The van der Waals surface area contributed by atoms with Crippen LogP contribution < -0.4 is 10.2 Å². The Bertz CT molecular complexity index is 661. The van der Waals surface area contributed by atoms with E-state index < -0.39 is 0 Å². The molecule has 8 heteroatoms. The Morgan fingerprint density at radius 2 is 1.86 bits per heavy atom. The third-order valence-corrected chi connectivity index (χ3v) is 4.56. The number of nitrogens with one attached hydrogen (secondary N) is 1. The van der Waals surface area contributed by atoms with Crippen molar-refractivity contribution in [3.05, 3.63) is 33.0 Å². The Hall–Kier alpha value is -1.11. The smallest absolute Gasteiger partial charge is 0.233 e. The fourth-order valence-electron chi connectivity index (χ4n) is 2.16. The molecule has 0 radical (unpaired) electrons. The first-order valence-electron chi connectivity index (χ1n) is 6.50. The lowest BCUT2D eigenvalue weighted by Crippen LogP contribution is -2.21. The van der Waals surface area contributed by atoms with Crippen LogP contribution in [0.1, 0.15) is 12.8 Å². The maximum atomic E-state index is 6.07. The van der Waals surface area contributed by atoms with Gasteiger partial charge in [-0.15, -0.1) is 0 Å². The van der Waals surface area contributed by atoms with Gasteiger partial charge in [0.1, 0.15) is 0 Å². The molecule has 1 aromatic carbocycles. The Kier molecular flexibility index (Phi) is 4.47. The van der Waals surface area contributed by atoms with Crippen LogP contribution in [0.2, 0.25) is 10.3 Å². The van der Waals surface area contributed by atoms with Gasteiger partial charge >= 0.3 is 0 Å². The molecule has 2 aromatic rings. The van der Waals surface area contributed by atoms with Gasteiger partial charge in [0, 0.05) is 23.2 Å². The van der Waals surface area contributed by atoms with Crippen LogP contribution >= 0.6 is 39.1 Å². The lowest BCUT2D eigenvalue weighted by molar-refractivity contribution is 0.883. The molecule has 0 spiro atoms. The molecule has 2 heterocycles. The van der Waals surface area contributed by atoms with Crippen molar-refractivity contribution in [3.8, 4) is 0 Å². The Balaban J connectivity index is 1.85. The predicted molar refractivity (Wildman–Crippen MR) is 88.7 cm³/mol. The average Bonchev–Trinajstić information content (AvgIpc) is 2.96. The summed E-state index contributed by atoms with van der Waals surface area (Å²) in [7, 11) is 0. The second-order valence-electron chi connectivity index (χ2n) is 4.68. The van der Waals surface area contributed by atoms with Crippen LogP contribution in [0.5, 0.6) is 0 Å². The first kappa shape index (κ1) is 14.8. The highest BCUT2D eigenvalue weighted by atomic mass is 79.9. The van der Waals surface area contributed by atoms with Gasteiger partial charge in [0.05, 0.1) is 5.02 Å². The molecule has 3 rings (SSSR count). The van der Waals surface area contributed by atoms with E-state index in [4.69, 9.17) is 23.2 Å². The zero-order valence-corrected chi connectivity index (χ0v) is 14.1. The molecule has 1 N–H and O–H groups in total. The first-order valence-corrected chi connectivity index (χ1v) is 8.05. The molecule has 0 aliphatic carbocycles. The molecule has 21 heavy (non-hydrogen) atoms. The summed E-state index contributed by atoms with van der Waals surface area (Å²) < 4.78 is 0.834. The molecular weight excluding hydrogens is 377 g/mol. The Labute approximate surface area is 140 Å². The van der Waals surface area contributed by atoms with Gasteiger partial charge in [-0.25, -0.2) is 0 Å². The lowest BCUT2D eigenvalue weighted by atomic mass is 10.3. The summed E-state index contributed by atoms with van der Waals surface area (Å²) >= 11 is 15.4. The summed E-state index contributed by atoms with van der Waals surface area (Å²) in [4.78, 5) is 14.8. The molecule has 1 aromatic heterocycles. The van der Waals surface area contributed by atoms with Gasteiger partial charge in [-0.1, -0.05) is 11.6 Å². The minimum absolute atomic E-state index is 0.178. The molecule has 0 saturated carbocycles. The maximum Gasteiger partial charge on any atom is 0.233 e. The van der Waals surface area contributed by atoms with Crippen LogP contribution in [-0.4, -0.2) is 28.0 Å². The van der Waals surface area contributed by atoms with Crippen molar-refractivity contribution in [2.75, 3.05) is 23.3 Å². The summed E-state index contributed by atoms with van der Waals surface area (Å²) in [5.74, 6) is 1.02. The van der Waals surface area contributed by atoms with Crippen LogP contribution in [-0.2, 0) is 0 Å². The molecule has 1 aliphatic rings. The van der Waals surface area contributed by atoms with Gasteiger partial charge in [-0.3, -0.25) is 0 Å². The van der Waals surface area contributed by atoms with E-state index in [1.165, 1.54) is 0 Å². The molecule has 5 nitrogen and oxygen atoms in total. The minimum Gasteiger partial charge on any atom is -0.341 e. The second kappa shape index (κ2) is 6.34. The molecule has 1 aliphatic heterocycles. The topological polar surface area (TPSA) is 53.9 Å². The quantitative estimate of drug-likeness (QED) is 0.850. The largest absolute Gasteiger partial charge is 0.341 e. The van der Waals surface area contributed by atoms with E-state index in [-0.39, 0.29) is 5.28 Å². The van der Waals surface area contributed by atoms with Crippen molar-refractivity contribution < 1.29 is 0 Å². The molecule has 110 valence electrons. The highest BCUT2D eigenvalue weighted by Gasteiger charge is 2.17. The van der Waals surface area contributed by atoms with Gasteiger partial charge in [0.2, 0.25) is 17.2 Å². The summed E-state index contributed by atoms with van der Waals surface area (Å²) in [5.41, 5.74) is 0.790. The number of benzene rings is 1. The fraction of sp³-hybridized carbons (Fsp3) is 0.308. The van der Waals surface area contributed by atoms with Crippen LogP contribution in [0.15, 0.2) is 22.7 Å². The molecule has 0 atom stereocenters. The maximum absolute atomic E-state index is 6.07. The third-order valence-electron chi connectivity index (χ3n) is 3.16. The molecule has 0 bridgehead atoms. The Morgan fingerprint density at radius 1 is 1.10 bits per heavy atom. The fourth-order valence-corrected chi connectivity index (χ4v) is 2.74. The van der Waals surface area contributed by atoms with E-state index in [0.29, 0.717) is 16.9 Å². The van der Waals surface area contributed by atoms with Crippen molar-refractivity contribution in [1.29, 1.82) is 0 Å². The van der Waals surface area contributed by atoms with E-state index in [2.05, 4.69) is 41.1 Å². The van der Waals surface area contributed by atoms with Crippen LogP contribution in [0.3, 0.4) is 0 Å². The minimum atomic E-state index is 0.178. The van der Waals surface area contributed by atoms with Crippen molar-refractivity contribution in [2.45, 2.75) is 12.8 Å². The molecule has 0 unspecified atom stereocenters. The number of rotatable bonds is 3. The Morgan fingerprint density at radius 3 is 2.57 bits per heavy atom. The van der Waals surface area contributed by atoms with Crippen LogP contribution in [0.4, 0.5) is 17.6 Å². The van der Waals surface area contributed by atoms with Crippen molar-refractivity contribution in [3.63, 3.8) is 0 Å². The highest BCUT2D eigenvalue weighted by Crippen LogP contribution is 2.27. The summed E-state index contributed by atoms with van der Waals surface area (Å²) in [6.45, 7) is 1.90. The summed E-state index contributed by atoms with van der Waals surface area (Å²) in [6, 6.07) is 5.52. The van der Waals surface area contributed by atoms with Crippen molar-refractivity contribution in [2.24, 2.45) is 0 Å². The number of hydrogen-bond acceptors (Lipinski definition) is 5.